The zero-order valence-corrected chi connectivity index (χ0v) is 12.1. The minimum atomic E-state index is -0.436. The smallest absolute Gasteiger partial charge is 0.417 e. The van der Waals surface area contributed by atoms with Crippen LogP contribution in [0.15, 0.2) is 37.9 Å². The largest absolute Gasteiger partial charge is 0.466 e. The Morgan fingerprint density at radius 1 is 1.21 bits per heavy atom. The van der Waals surface area contributed by atoms with Crippen molar-refractivity contribution in [1.29, 1.82) is 0 Å². The minimum Gasteiger partial charge on any atom is -0.466 e. The van der Waals surface area contributed by atoms with Gasteiger partial charge in [0.25, 0.3) is 0 Å². The third-order valence-corrected chi connectivity index (χ3v) is 4.11. The SMILES string of the molecule is Cc1cc(C(Br)c2ccc3[nH]c(=O)oc3c2)c(C)o1. The second kappa shape index (κ2) is 4.42. The van der Waals surface area contributed by atoms with Crippen molar-refractivity contribution < 1.29 is 8.83 Å². The van der Waals surface area contributed by atoms with Gasteiger partial charge in [0.05, 0.1) is 10.3 Å². The molecule has 0 radical (unpaired) electrons. The number of hydrogen-bond donors (Lipinski definition) is 1. The van der Waals surface area contributed by atoms with Crippen molar-refractivity contribution in [1.82, 2.24) is 4.98 Å². The van der Waals surface area contributed by atoms with Crippen LogP contribution in [-0.4, -0.2) is 4.98 Å². The van der Waals surface area contributed by atoms with E-state index in [-0.39, 0.29) is 4.83 Å². The molecule has 3 rings (SSSR count). The maximum Gasteiger partial charge on any atom is 0.417 e. The Kier molecular flexibility index (Phi) is 2.86. The first-order valence-corrected chi connectivity index (χ1v) is 6.80. The van der Waals surface area contributed by atoms with Gasteiger partial charge in [-0.1, -0.05) is 22.0 Å². The molecule has 0 aliphatic carbocycles. The predicted molar refractivity (Wildman–Crippen MR) is 75.8 cm³/mol. The van der Waals surface area contributed by atoms with Crippen molar-refractivity contribution >= 4 is 27.0 Å². The van der Waals surface area contributed by atoms with Crippen LogP contribution in [0.4, 0.5) is 0 Å². The van der Waals surface area contributed by atoms with Gasteiger partial charge in [-0.15, -0.1) is 0 Å². The third-order valence-electron chi connectivity index (χ3n) is 3.09. The number of benzene rings is 1. The molecular weight excluding hydrogens is 310 g/mol. The number of oxazole rings is 1. The van der Waals surface area contributed by atoms with Gasteiger partial charge in [0, 0.05) is 5.56 Å². The van der Waals surface area contributed by atoms with Crippen LogP contribution >= 0.6 is 15.9 Å². The molecule has 1 aromatic carbocycles. The van der Waals surface area contributed by atoms with Gasteiger partial charge < -0.3 is 8.83 Å². The summed E-state index contributed by atoms with van der Waals surface area (Å²) in [6.45, 7) is 3.86. The molecule has 0 bridgehead atoms. The highest BCUT2D eigenvalue weighted by atomic mass is 79.9. The fourth-order valence-electron chi connectivity index (χ4n) is 2.20. The summed E-state index contributed by atoms with van der Waals surface area (Å²) >= 11 is 3.66. The number of H-pyrrole nitrogens is 1. The number of aromatic nitrogens is 1. The third kappa shape index (κ3) is 2.14. The predicted octanol–water partition coefficient (Wildman–Crippen LogP) is 3.82. The molecule has 1 unspecified atom stereocenters. The number of hydrogen-bond acceptors (Lipinski definition) is 3. The lowest BCUT2D eigenvalue weighted by Crippen LogP contribution is -1.93. The number of halogens is 1. The Hall–Kier alpha value is -1.75. The topological polar surface area (TPSA) is 59.1 Å². The number of aromatic amines is 1. The van der Waals surface area contributed by atoms with E-state index in [0.717, 1.165) is 22.6 Å². The molecule has 0 amide bonds. The molecule has 0 aliphatic rings. The van der Waals surface area contributed by atoms with Crippen molar-refractivity contribution in [3.05, 3.63) is 57.5 Å². The van der Waals surface area contributed by atoms with E-state index in [2.05, 4.69) is 20.9 Å². The van der Waals surface area contributed by atoms with Crippen molar-refractivity contribution in [3.8, 4) is 0 Å². The second-order valence-electron chi connectivity index (χ2n) is 4.50. The van der Waals surface area contributed by atoms with Gasteiger partial charge >= 0.3 is 5.76 Å². The fourth-order valence-corrected chi connectivity index (χ4v) is 2.94. The molecule has 0 fully saturated rings. The number of rotatable bonds is 2. The van der Waals surface area contributed by atoms with Gasteiger partial charge in [-0.05, 0) is 37.6 Å². The molecule has 0 saturated heterocycles. The van der Waals surface area contributed by atoms with E-state index in [9.17, 15) is 4.79 Å². The van der Waals surface area contributed by atoms with Crippen molar-refractivity contribution in [2.45, 2.75) is 18.7 Å². The molecular formula is C14H12BrNO3. The quantitative estimate of drug-likeness (QED) is 0.730. The second-order valence-corrected chi connectivity index (χ2v) is 5.42. The van der Waals surface area contributed by atoms with E-state index in [4.69, 9.17) is 8.83 Å². The summed E-state index contributed by atoms with van der Waals surface area (Å²) in [5, 5.41) is 0. The summed E-state index contributed by atoms with van der Waals surface area (Å²) < 4.78 is 10.6. The van der Waals surface area contributed by atoms with E-state index < -0.39 is 5.76 Å². The van der Waals surface area contributed by atoms with Gasteiger partial charge in [-0.25, -0.2) is 4.79 Å². The summed E-state index contributed by atoms with van der Waals surface area (Å²) in [5.74, 6) is 1.33. The molecule has 0 spiro atoms. The summed E-state index contributed by atoms with van der Waals surface area (Å²) in [6, 6.07) is 7.65. The Balaban J connectivity index is 2.08. The normalized spacial score (nSPS) is 13.0. The van der Waals surface area contributed by atoms with E-state index in [1.54, 1.807) is 0 Å². The molecule has 3 aromatic rings. The average Bonchev–Trinajstić information content (AvgIpc) is 2.88. The highest BCUT2D eigenvalue weighted by Crippen LogP contribution is 2.35. The lowest BCUT2D eigenvalue weighted by atomic mass is 10.0. The fraction of sp³-hybridized carbons (Fsp3) is 0.214. The molecule has 19 heavy (non-hydrogen) atoms. The minimum absolute atomic E-state index is 0.00884. The van der Waals surface area contributed by atoms with Gasteiger partial charge in [-0.3, -0.25) is 4.98 Å². The average molecular weight is 322 g/mol. The number of alkyl halides is 1. The first kappa shape index (κ1) is 12.3. The van der Waals surface area contributed by atoms with E-state index in [1.807, 2.05) is 38.1 Å². The number of furan rings is 1. The van der Waals surface area contributed by atoms with Crippen LogP contribution in [0.25, 0.3) is 11.1 Å². The Bertz CT molecular complexity index is 796. The van der Waals surface area contributed by atoms with Gasteiger partial charge in [0.1, 0.15) is 11.5 Å². The summed E-state index contributed by atoms with van der Waals surface area (Å²) in [6.07, 6.45) is 0. The van der Waals surface area contributed by atoms with E-state index in [0.29, 0.717) is 11.1 Å². The Morgan fingerprint density at radius 2 is 2.00 bits per heavy atom. The van der Waals surface area contributed by atoms with Gasteiger partial charge in [0.15, 0.2) is 5.58 Å². The maximum atomic E-state index is 11.1. The molecule has 2 heterocycles. The summed E-state index contributed by atoms with van der Waals surface area (Å²) in [4.78, 5) is 13.8. The van der Waals surface area contributed by atoms with Crippen molar-refractivity contribution in [2.24, 2.45) is 0 Å². The van der Waals surface area contributed by atoms with Crippen LogP contribution in [-0.2, 0) is 0 Å². The van der Waals surface area contributed by atoms with Crippen LogP contribution in [0.2, 0.25) is 0 Å². The first-order chi connectivity index (χ1) is 9.04. The monoisotopic (exact) mass is 321 g/mol. The summed E-state index contributed by atoms with van der Waals surface area (Å²) in [5.41, 5.74) is 3.35. The zero-order valence-electron chi connectivity index (χ0n) is 10.5. The van der Waals surface area contributed by atoms with Gasteiger partial charge in [0.2, 0.25) is 0 Å². The zero-order chi connectivity index (χ0) is 13.6. The highest BCUT2D eigenvalue weighted by Gasteiger charge is 2.17. The van der Waals surface area contributed by atoms with Crippen LogP contribution in [0.1, 0.15) is 27.5 Å². The van der Waals surface area contributed by atoms with Crippen molar-refractivity contribution in [3.63, 3.8) is 0 Å². The van der Waals surface area contributed by atoms with E-state index in [1.165, 1.54) is 0 Å². The molecule has 5 heteroatoms. The number of aryl methyl sites for hydroxylation is 2. The molecule has 98 valence electrons. The first-order valence-electron chi connectivity index (χ1n) is 5.88. The van der Waals surface area contributed by atoms with Crippen LogP contribution in [0.5, 0.6) is 0 Å². The standard InChI is InChI=1S/C14H12BrNO3/c1-7-5-10(8(2)18-7)13(15)9-3-4-11-12(6-9)19-14(17)16-11/h3-6,13H,1-2H3,(H,16,17). The van der Waals surface area contributed by atoms with Crippen molar-refractivity contribution in [2.75, 3.05) is 0 Å². The number of nitrogens with one attached hydrogen (secondary N) is 1. The molecule has 1 N–H and O–H groups in total. The number of fused-ring (bicyclic) bond motifs is 1. The lowest BCUT2D eigenvalue weighted by molar-refractivity contribution is 0.502. The Labute approximate surface area is 117 Å². The molecule has 0 aliphatic heterocycles. The molecule has 2 aromatic heterocycles. The van der Waals surface area contributed by atoms with E-state index >= 15 is 0 Å². The van der Waals surface area contributed by atoms with Crippen LogP contribution in [0, 0.1) is 13.8 Å². The summed E-state index contributed by atoms with van der Waals surface area (Å²) in [7, 11) is 0. The molecule has 0 saturated carbocycles. The van der Waals surface area contributed by atoms with Crippen LogP contribution < -0.4 is 5.76 Å². The lowest BCUT2D eigenvalue weighted by Gasteiger charge is -2.08. The van der Waals surface area contributed by atoms with Gasteiger partial charge in [-0.2, -0.15) is 0 Å². The molecule has 4 nitrogen and oxygen atoms in total. The Morgan fingerprint density at radius 3 is 2.68 bits per heavy atom. The van der Waals surface area contributed by atoms with Crippen LogP contribution in [0.3, 0.4) is 0 Å². The molecule has 1 atom stereocenters. The highest BCUT2D eigenvalue weighted by molar-refractivity contribution is 9.09. The maximum absolute atomic E-state index is 11.1.